The monoisotopic (exact) mass is 718 g/mol. The van der Waals surface area contributed by atoms with Crippen LogP contribution in [0.1, 0.15) is 47.3 Å². The molecule has 1 aliphatic rings. The third-order valence-electron chi connectivity index (χ3n) is 8.82. The predicted octanol–water partition coefficient (Wildman–Crippen LogP) is 7.11. The van der Waals surface area contributed by atoms with E-state index in [4.69, 9.17) is 9.47 Å². The Labute approximate surface area is 303 Å². The van der Waals surface area contributed by atoms with Crippen molar-refractivity contribution in [2.75, 3.05) is 11.9 Å². The number of hydrogen-bond acceptors (Lipinski definition) is 9. The number of anilines is 1. The Morgan fingerprint density at radius 2 is 1.74 bits per heavy atom. The van der Waals surface area contributed by atoms with Crippen molar-refractivity contribution < 1.29 is 27.8 Å². The number of nitrogens with one attached hydrogen (secondary N) is 4. The summed E-state index contributed by atoms with van der Waals surface area (Å²) in [4.78, 5) is 45.3. The molecule has 2 amide bonds. The zero-order valence-electron chi connectivity index (χ0n) is 28.5. The number of fused-ring (bicyclic) bond motifs is 1. The van der Waals surface area contributed by atoms with Gasteiger partial charge in [0.15, 0.2) is 17.5 Å². The second-order valence-electron chi connectivity index (χ2n) is 12.7. The molecule has 1 fully saturated rings. The number of amides is 2. The van der Waals surface area contributed by atoms with Gasteiger partial charge in [-0.3, -0.25) is 9.78 Å². The first kappa shape index (κ1) is 35.0. The fourth-order valence-corrected chi connectivity index (χ4v) is 6.25. The number of aromatic nitrogens is 5. The molecule has 1 aliphatic carbocycles. The average Bonchev–Trinajstić information content (AvgIpc) is 3.59. The molecule has 2 aromatic carbocycles. The zero-order valence-corrected chi connectivity index (χ0v) is 28.5. The zero-order chi connectivity index (χ0) is 36.6. The van der Waals surface area contributed by atoms with E-state index < -0.39 is 17.7 Å². The van der Waals surface area contributed by atoms with E-state index in [9.17, 15) is 18.4 Å². The number of para-hydroxylation sites is 1. The van der Waals surface area contributed by atoms with Crippen molar-refractivity contribution in [2.45, 2.75) is 50.8 Å². The summed E-state index contributed by atoms with van der Waals surface area (Å²) in [6, 6.07) is 21.4. The fourth-order valence-electron chi connectivity index (χ4n) is 6.25. The molecule has 14 heteroatoms. The smallest absolute Gasteiger partial charge is 0.407 e. The van der Waals surface area contributed by atoms with Crippen LogP contribution in [-0.4, -0.2) is 55.5 Å². The van der Waals surface area contributed by atoms with Crippen LogP contribution in [0.3, 0.4) is 0 Å². The number of ether oxygens (including phenoxy) is 2. The van der Waals surface area contributed by atoms with Crippen LogP contribution in [0.2, 0.25) is 0 Å². The second kappa shape index (κ2) is 16.3. The lowest BCUT2D eigenvalue weighted by Gasteiger charge is -2.30. The van der Waals surface area contributed by atoms with Crippen molar-refractivity contribution in [1.82, 2.24) is 35.6 Å². The highest BCUT2D eigenvalue weighted by molar-refractivity contribution is 5.93. The summed E-state index contributed by atoms with van der Waals surface area (Å²) >= 11 is 0. The number of pyridine rings is 2. The van der Waals surface area contributed by atoms with Crippen LogP contribution in [0.5, 0.6) is 11.5 Å². The first-order valence-corrected chi connectivity index (χ1v) is 17.3. The molecule has 6 aromatic rings. The number of hydrogen-bond donors (Lipinski definition) is 4. The first-order chi connectivity index (χ1) is 25.9. The van der Waals surface area contributed by atoms with Crippen LogP contribution in [0.25, 0.3) is 22.4 Å². The number of H-pyrrole nitrogens is 1. The van der Waals surface area contributed by atoms with Gasteiger partial charge >= 0.3 is 6.09 Å². The second-order valence-corrected chi connectivity index (χ2v) is 12.7. The van der Waals surface area contributed by atoms with Gasteiger partial charge in [-0.1, -0.05) is 30.3 Å². The number of alkyl carbamates (subject to hydrolysis) is 1. The van der Waals surface area contributed by atoms with Gasteiger partial charge in [-0.15, -0.1) is 0 Å². The summed E-state index contributed by atoms with van der Waals surface area (Å²) in [5, 5.41) is 9.45. The Hall–Kier alpha value is -6.44. The normalized spacial score (nSPS) is 15.4. The largest absolute Gasteiger partial charge is 0.457 e. The minimum atomic E-state index is -0.625. The number of carbonyl (C=O) groups excluding carboxylic acids is 2. The van der Waals surface area contributed by atoms with Crippen LogP contribution in [0.4, 0.5) is 19.4 Å². The summed E-state index contributed by atoms with van der Waals surface area (Å²) < 4.78 is 40.0. The maximum absolute atomic E-state index is 14.8. The first-order valence-electron chi connectivity index (χ1n) is 17.3. The number of benzene rings is 2. The summed E-state index contributed by atoms with van der Waals surface area (Å²) in [7, 11) is 0. The van der Waals surface area contributed by atoms with Gasteiger partial charge in [0.25, 0.3) is 5.91 Å². The van der Waals surface area contributed by atoms with E-state index in [0.717, 1.165) is 43.0 Å². The maximum atomic E-state index is 14.8. The molecule has 0 bridgehead atoms. The number of carbonyl (C=O) groups is 2. The van der Waals surface area contributed by atoms with E-state index in [-0.39, 0.29) is 41.9 Å². The maximum Gasteiger partial charge on any atom is 0.407 e. The van der Waals surface area contributed by atoms with Gasteiger partial charge < -0.3 is 30.4 Å². The minimum absolute atomic E-state index is 0.0201. The van der Waals surface area contributed by atoms with Gasteiger partial charge in [0, 0.05) is 42.0 Å². The molecule has 4 N–H and O–H groups in total. The Morgan fingerprint density at radius 1 is 0.887 bits per heavy atom. The van der Waals surface area contributed by atoms with E-state index >= 15 is 0 Å². The van der Waals surface area contributed by atoms with Crippen molar-refractivity contribution in [3.63, 3.8) is 0 Å². The molecule has 1 saturated carbocycles. The Kier molecular flexibility index (Phi) is 10.7. The predicted molar refractivity (Wildman–Crippen MR) is 193 cm³/mol. The lowest BCUT2D eigenvalue weighted by Crippen LogP contribution is -2.42. The van der Waals surface area contributed by atoms with Gasteiger partial charge in [0.05, 0.1) is 12.4 Å². The Balaban J connectivity index is 0.880. The van der Waals surface area contributed by atoms with E-state index in [0.29, 0.717) is 47.3 Å². The van der Waals surface area contributed by atoms with Crippen LogP contribution < -0.4 is 20.7 Å². The van der Waals surface area contributed by atoms with Gasteiger partial charge in [0.1, 0.15) is 35.3 Å². The molecule has 4 aromatic heterocycles. The van der Waals surface area contributed by atoms with E-state index in [1.165, 1.54) is 12.3 Å². The molecular weight excluding hydrogens is 682 g/mol. The highest BCUT2D eigenvalue weighted by Gasteiger charge is 2.26. The number of halogens is 2. The highest BCUT2D eigenvalue weighted by Crippen LogP contribution is 2.29. The van der Waals surface area contributed by atoms with Crippen molar-refractivity contribution in [1.29, 1.82) is 0 Å². The molecule has 53 heavy (non-hydrogen) atoms. The SMILES string of the molecule is O=C(NCCc1cccc(Oc2ccccc2)c1)OCc1ccnc(C(=O)N[C@H]2CCC[C@@H](Nc3nc(-c4c[nH]c5ncc(F)cc45)ncc3F)C2)c1. The van der Waals surface area contributed by atoms with E-state index in [2.05, 4.69) is 40.9 Å². The van der Waals surface area contributed by atoms with Gasteiger partial charge in [0.2, 0.25) is 0 Å². The fraction of sp³-hybridized carbons (Fsp3) is 0.231. The molecule has 2 atom stereocenters. The molecule has 12 nitrogen and oxygen atoms in total. The summed E-state index contributed by atoms with van der Waals surface area (Å²) in [6.45, 7) is 0.323. The third-order valence-corrected chi connectivity index (χ3v) is 8.82. The molecule has 0 unspecified atom stereocenters. The summed E-state index contributed by atoms with van der Waals surface area (Å²) in [5.74, 6) is 0.196. The molecule has 0 saturated heterocycles. The molecule has 270 valence electrons. The van der Waals surface area contributed by atoms with Crippen LogP contribution in [0.15, 0.2) is 97.6 Å². The average molecular weight is 719 g/mol. The van der Waals surface area contributed by atoms with E-state index in [1.54, 1.807) is 18.3 Å². The topological polar surface area (TPSA) is 156 Å². The quantitative estimate of drug-likeness (QED) is 0.104. The van der Waals surface area contributed by atoms with Crippen molar-refractivity contribution >= 4 is 28.9 Å². The van der Waals surface area contributed by atoms with Gasteiger partial charge in [-0.2, -0.15) is 0 Å². The van der Waals surface area contributed by atoms with Gasteiger partial charge in [-0.25, -0.2) is 28.5 Å². The van der Waals surface area contributed by atoms with Crippen molar-refractivity contribution in [2.24, 2.45) is 0 Å². The van der Waals surface area contributed by atoms with Crippen LogP contribution in [0, 0.1) is 11.6 Å². The van der Waals surface area contributed by atoms with Gasteiger partial charge in [-0.05, 0) is 85.7 Å². The molecule has 0 spiro atoms. The number of nitrogens with zero attached hydrogens (tertiary/aromatic N) is 4. The van der Waals surface area contributed by atoms with Crippen LogP contribution in [-0.2, 0) is 17.8 Å². The molecule has 0 aliphatic heterocycles. The number of rotatable bonds is 12. The molecule has 4 heterocycles. The summed E-state index contributed by atoms with van der Waals surface area (Å²) in [6.07, 6.45) is 8.09. The van der Waals surface area contributed by atoms with Crippen molar-refractivity contribution in [3.8, 4) is 22.9 Å². The molecular formula is C39H36F2N8O4. The summed E-state index contributed by atoms with van der Waals surface area (Å²) in [5.41, 5.74) is 2.76. The van der Waals surface area contributed by atoms with Crippen molar-refractivity contribution in [3.05, 3.63) is 126 Å². The minimum Gasteiger partial charge on any atom is -0.457 e. The third kappa shape index (κ3) is 9.08. The standard InChI is InChI=1S/C39H36F2N8O4/c40-26-18-31-32(21-45-35(31)44-20-26)36-46-22-33(41)37(49-36)47-27-7-5-8-28(19-27)48-38(50)34-17-25(13-14-42-34)23-52-39(51)43-15-12-24-6-4-11-30(16-24)53-29-9-2-1-3-10-29/h1-4,6,9-11,13-14,16-18,20-22,27-28H,5,7-8,12,15,19,23H2,(H,43,51)(H,44,45)(H,48,50)(H,46,47,49)/t27-,28+/m1/s1. The number of aromatic amines is 1. The highest BCUT2D eigenvalue weighted by atomic mass is 19.1. The Morgan fingerprint density at radius 3 is 2.62 bits per heavy atom. The molecule has 0 radical (unpaired) electrons. The molecule has 7 rings (SSSR count). The Bertz CT molecular complexity index is 2220. The van der Waals surface area contributed by atoms with E-state index in [1.807, 2.05) is 54.6 Å². The lowest BCUT2D eigenvalue weighted by molar-refractivity contribution is 0.0921. The van der Waals surface area contributed by atoms with Crippen LogP contribution >= 0.6 is 0 Å². The lowest BCUT2D eigenvalue weighted by atomic mass is 9.91.